The van der Waals surface area contributed by atoms with Crippen molar-refractivity contribution in [1.29, 1.82) is 0 Å². The number of aryl methyl sites for hydroxylation is 6. The van der Waals surface area contributed by atoms with Crippen molar-refractivity contribution in [1.82, 2.24) is 19.9 Å². The molecule has 0 amide bonds. The Kier molecular flexibility index (Phi) is 6.43. The van der Waals surface area contributed by atoms with E-state index in [0.29, 0.717) is 0 Å². The van der Waals surface area contributed by atoms with Gasteiger partial charge in [0, 0.05) is 33.9 Å². The highest BCUT2D eigenvalue weighted by molar-refractivity contribution is 6.33. The molecular weight excluding hydrogens is 560 g/mol. The second kappa shape index (κ2) is 10.6. The fourth-order valence-electron chi connectivity index (χ4n) is 7.37. The van der Waals surface area contributed by atoms with Crippen molar-refractivity contribution in [3.63, 3.8) is 0 Å². The molecule has 0 saturated heterocycles. The van der Waals surface area contributed by atoms with Crippen molar-refractivity contribution < 1.29 is 0 Å². The summed E-state index contributed by atoms with van der Waals surface area (Å²) in [7, 11) is 0. The lowest BCUT2D eigenvalue weighted by molar-refractivity contribution is 1.06. The molecule has 0 aliphatic carbocycles. The number of hydrogen-bond acceptors (Lipinski definition) is 4. The molecule has 0 bridgehead atoms. The molecule has 4 heteroatoms. The van der Waals surface area contributed by atoms with Gasteiger partial charge in [0.2, 0.25) is 0 Å². The highest BCUT2D eigenvalue weighted by Gasteiger charge is 2.25. The molecule has 0 radical (unpaired) electrons. The van der Waals surface area contributed by atoms with Gasteiger partial charge in [-0.25, -0.2) is 19.9 Å². The van der Waals surface area contributed by atoms with Crippen molar-refractivity contribution in [3.8, 4) is 45.0 Å². The smallest absolute Gasteiger partial charge is 0.160 e. The second-order valence-corrected chi connectivity index (χ2v) is 12.6. The maximum absolute atomic E-state index is 4.98. The van der Waals surface area contributed by atoms with E-state index in [0.717, 1.165) is 56.3 Å². The van der Waals surface area contributed by atoms with Crippen LogP contribution in [0.5, 0.6) is 0 Å². The monoisotopic (exact) mass is 594 g/mol. The van der Waals surface area contributed by atoms with Crippen LogP contribution in [0.15, 0.2) is 97.1 Å². The summed E-state index contributed by atoms with van der Waals surface area (Å²) in [5.41, 5.74) is 13.1. The molecule has 2 aromatic heterocycles. The lowest BCUT2D eigenvalue weighted by Gasteiger charge is -2.24. The minimum absolute atomic E-state index is 0.726. The largest absolute Gasteiger partial charge is 0.233 e. The summed E-state index contributed by atoms with van der Waals surface area (Å²) < 4.78 is 0. The highest BCUT2D eigenvalue weighted by Crippen LogP contribution is 2.50. The second-order valence-electron chi connectivity index (χ2n) is 12.6. The molecule has 0 aliphatic rings. The van der Waals surface area contributed by atoms with Crippen molar-refractivity contribution in [2.45, 2.75) is 41.5 Å². The third kappa shape index (κ3) is 4.44. The molecule has 8 rings (SSSR count). The van der Waals surface area contributed by atoms with Gasteiger partial charge < -0.3 is 0 Å². The van der Waals surface area contributed by atoms with Gasteiger partial charge >= 0.3 is 0 Å². The van der Waals surface area contributed by atoms with Crippen molar-refractivity contribution >= 4 is 32.3 Å². The predicted octanol–water partition coefficient (Wildman–Crippen LogP) is 10.7. The van der Waals surface area contributed by atoms with E-state index < -0.39 is 0 Å². The number of aromatic nitrogens is 4. The Morgan fingerprint density at radius 1 is 0.348 bits per heavy atom. The number of nitrogens with zero attached hydrogens (tertiary/aromatic N) is 4. The van der Waals surface area contributed by atoms with Crippen LogP contribution >= 0.6 is 0 Å². The minimum Gasteiger partial charge on any atom is -0.233 e. The molecule has 0 N–H and O–H groups in total. The van der Waals surface area contributed by atoms with Gasteiger partial charge in [-0.2, -0.15) is 0 Å². The molecule has 0 saturated carbocycles. The van der Waals surface area contributed by atoms with Crippen LogP contribution in [0.2, 0.25) is 0 Å². The molecule has 0 aliphatic heterocycles. The van der Waals surface area contributed by atoms with Gasteiger partial charge in [-0.3, -0.25) is 0 Å². The van der Waals surface area contributed by atoms with Gasteiger partial charge in [0.1, 0.15) is 0 Å². The summed E-state index contributed by atoms with van der Waals surface area (Å²) in [6.45, 7) is 12.6. The summed E-state index contributed by atoms with van der Waals surface area (Å²) in [6, 6.07) is 34.9. The molecule has 222 valence electrons. The van der Waals surface area contributed by atoms with E-state index >= 15 is 0 Å². The fourth-order valence-corrected chi connectivity index (χ4v) is 7.37. The maximum atomic E-state index is 4.98. The van der Waals surface area contributed by atoms with Crippen molar-refractivity contribution in [2.24, 2.45) is 0 Å². The van der Waals surface area contributed by atoms with E-state index in [9.17, 15) is 0 Å². The molecule has 4 nitrogen and oxygen atoms in total. The number of hydrogen-bond donors (Lipinski definition) is 0. The first-order valence-corrected chi connectivity index (χ1v) is 15.8. The van der Waals surface area contributed by atoms with Crippen LogP contribution in [0.1, 0.15) is 33.9 Å². The zero-order valence-electron chi connectivity index (χ0n) is 27.0. The van der Waals surface area contributed by atoms with Crippen LogP contribution in [0.25, 0.3) is 77.3 Å². The van der Waals surface area contributed by atoms with Crippen LogP contribution in [0.4, 0.5) is 0 Å². The summed E-state index contributed by atoms with van der Waals surface area (Å²) in [5.74, 6) is 1.45. The lowest BCUT2D eigenvalue weighted by Crippen LogP contribution is -2.01. The van der Waals surface area contributed by atoms with Gasteiger partial charge in [-0.15, -0.1) is 0 Å². The Morgan fingerprint density at radius 2 is 0.717 bits per heavy atom. The van der Waals surface area contributed by atoms with Gasteiger partial charge in [0.25, 0.3) is 0 Å². The zero-order chi connectivity index (χ0) is 31.7. The van der Waals surface area contributed by atoms with Crippen molar-refractivity contribution in [2.75, 3.05) is 0 Å². The van der Waals surface area contributed by atoms with E-state index in [2.05, 4.69) is 98.8 Å². The average molecular weight is 595 g/mol. The molecule has 8 aromatic rings. The van der Waals surface area contributed by atoms with Gasteiger partial charge in [-0.1, -0.05) is 72.8 Å². The maximum Gasteiger partial charge on any atom is 0.160 e. The molecule has 0 unspecified atom stereocenters. The minimum atomic E-state index is 0.726. The molecule has 6 aromatic carbocycles. The molecule has 2 heterocycles. The Balaban J connectivity index is 1.65. The Labute approximate surface area is 269 Å². The Hall–Kier alpha value is -5.48. The quantitative estimate of drug-likeness (QED) is 0.190. The van der Waals surface area contributed by atoms with Crippen molar-refractivity contribution in [3.05, 3.63) is 131 Å². The van der Waals surface area contributed by atoms with Crippen LogP contribution in [0, 0.1) is 41.5 Å². The van der Waals surface area contributed by atoms with Crippen LogP contribution in [0.3, 0.4) is 0 Å². The standard InChI is InChI=1S/C42H34N4/c1-23-17-33-35(41-43-25(3)19-26(4)44-41)22-36(42-45-27(5)20-28(6)46-42)34-18-24(2)38-32(30-15-11-8-12-16-30)21-31(29-13-9-7-10-14-29)37(23)40(38)39(33)34/h7-22H,1-6H3. The van der Waals surface area contributed by atoms with E-state index in [-0.39, 0.29) is 0 Å². The number of rotatable bonds is 4. The lowest BCUT2D eigenvalue weighted by atomic mass is 9.80. The van der Waals surface area contributed by atoms with Gasteiger partial charge in [0.15, 0.2) is 11.6 Å². The fraction of sp³-hybridized carbons (Fsp3) is 0.143. The summed E-state index contributed by atoms with van der Waals surface area (Å²) in [4.78, 5) is 19.9. The van der Waals surface area contributed by atoms with Crippen LogP contribution < -0.4 is 0 Å². The molecule has 46 heavy (non-hydrogen) atoms. The topological polar surface area (TPSA) is 51.6 Å². The van der Waals surface area contributed by atoms with E-state index in [1.54, 1.807) is 0 Å². The first-order chi connectivity index (χ1) is 22.3. The normalized spacial score (nSPS) is 11.7. The van der Waals surface area contributed by atoms with E-state index in [1.165, 1.54) is 54.9 Å². The SMILES string of the molecule is Cc1cc(C)nc(-c2cc(-c3nc(C)cc(C)n3)c3cc(C)c4c(-c5ccccc5)cc(-c5ccccc5)c5c(C)cc2c3c54)n1. The third-order valence-electron chi connectivity index (χ3n) is 9.11. The molecular formula is C42H34N4. The Bertz CT molecular complexity index is 2260. The highest BCUT2D eigenvalue weighted by atomic mass is 14.9. The third-order valence-corrected chi connectivity index (χ3v) is 9.11. The molecule has 0 fully saturated rings. The van der Waals surface area contributed by atoms with Gasteiger partial charge in [0.05, 0.1) is 0 Å². The predicted molar refractivity (Wildman–Crippen MR) is 191 cm³/mol. The van der Waals surface area contributed by atoms with Crippen LogP contribution in [-0.2, 0) is 0 Å². The first kappa shape index (κ1) is 28.0. The summed E-state index contributed by atoms with van der Waals surface area (Å²) in [6.07, 6.45) is 0. The summed E-state index contributed by atoms with van der Waals surface area (Å²) >= 11 is 0. The number of benzene rings is 6. The molecule has 0 spiro atoms. The van der Waals surface area contributed by atoms with Gasteiger partial charge in [-0.05, 0) is 132 Å². The van der Waals surface area contributed by atoms with E-state index in [1.807, 2.05) is 39.8 Å². The Morgan fingerprint density at radius 3 is 1.11 bits per heavy atom. The average Bonchev–Trinajstić information content (AvgIpc) is 3.03. The van der Waals surface area contributed by atoms with E-state index in [4.69, 9.17) is 19.9 Å². The summed E-state index contributed by atoms with van der Waals surface area (Å²) in [5, 5.41) is 7.30. The molecule has 0 atom stereocenters. The zero-order valence-corrected chi connectivity index (χ0v) is 27.0. The van der Waals surface area contributed by atoms with Crippen LogP contribution in [-0.4, -0.2) is 19.9 Å². The first-order valence-electron chi connectivity index (χ1n) is 15.8.